The molecule has 2 aromatic carbocycles. The van der Waals surface area contributed by atoms with Crippen LogP contribution in [0.2, 0.25) is 0 Å². The third-order valence-electron chi connectivity index (χ3n) is 8.65. The van der Waals surface area contributed by atoms with Gasteiger partial charge in [0.05, 0.1) is 11.7 Å². The third-order valence-corrected chi connectivity index (χ3v) is 8.65. The molecule has 0 bridgehead atoms. The summed E-state index contributed by atoms with van der Waals surface area (Å²) in [5, 5.41) is 20.3. The van der Waals surface area contributed by atoms with Crippen molar-refractivity contribution in [2.45, 2.75) is 60.2 Å². The Morgan fingerprint density at radius 3 is 2.31 bits per heavy atom. The van der Waals surface area contributed by atoms with Crippen LogP contribution >= 0.6 is 0 Å². The van der Waals surface area contributed by atoms with Crippen molar-refractivity contribution in [1.82, 2.24) is 19.4 Å². The number of aliphatic hydroxyl groups is 1. The molecule has 244 valence electrons. The van der Waals surface area contributed by atoms with Gasteiger partial charge in [-0.3, -0.25) is 4.79 Å². The number of halogens is 2. The average Bonchev–Trinajstić information content (AvgIpc) is 3.55. The maximum atomic E-state index is 15.0. The Morgan fingerprint density at radius 2 is 1.76 bits per heavy atom. The van der Waals surface area contributed by atoms with Crippen molar-refractivity contribution in [3.63, 3.8) is 0 Å². The molecule has 11 heteroatoms. The summed E-state index contributed by atoms with van der Waals surface area (Å²) in [5.41, 5.74) is 6.33. The van der Waals surface area contributed by atoms with Crippen molar-refractivity contribution in [3.05, 3.63) is 77.8 Å². The third kappa shape index (κ3) is 7.36. The van der Waals surface area contributed by atoms with Gasteiger partial charge >= 0.3 is 6.09 Å². The predicted molar refractivity (Wildman–Crippen MR) is 168 cm³/mol. The lowest BCUT2D eigenvalue weighted by atomic mass is 9.76. The van der Waals surface area contributed by atoms with E-state index in [9.17, 15) is 24.2 Å². The van der Waals surface area contributed by atoms with Crippen molar-refractivity contribution in [3.8, 4) is 11.3 Å². The molecular formula is C34H45F2N5O4. The Kier molecular flexibility index (Phi) is 10.0. The van der Waals surface area contributed by atoms with E-state index in [0.717, 1.165) is 23.8 Å². The first kappa shape index (κ1) is 34.1. The van der Waals surface area contributed by atoms with E-state index < -0.39 is 47.1 Å². The van der Waals surface area contributed by atoms with E-state index in [1.54, 1.807) is 11.1 Å². The minimum Gasteiger partial charge on any atom is -0.465 e. The number of benzene rings is 2. The van der Waals surface area contributed by atoms with Gasteiger partial charge in [-0.2, -0.15) is 0 Å². The summed E-state index contributed by atoms with van der Waals surface area (Å²) >= 11 is 0. The highest BCUT2D eigenvalue weighted by Crippen LogP contribution is 2.44. The molecule has 4 N–H and O–H groups in total. The molecule has 4 rings (SSSR count). The first-order valence-electron chi connectivity index (χ1n) is 15.2. The fourth-order valence-corrected chi connectivity index (χ4v) is 6.88. The lowest BCUT2D eigenvalue weighted by molar-refractivity contribution is -0.140. The maximum Gasteiger partial charge on any atom is 0.407 e. The summed E-state index contributed by atoms with van der Waals surface area (Å²) in [4.78, 5) is 33.8. The molecule has 9 nitrogen and oxygen atoms in total. The fourth-order valence-electron chi connectivity index (χ4n) is 6.88. The lowest BCUT2D eigenvalue weighted by Gasteiger charge is -2.42. The molecule has 0 spiro atoms. The van der Waals surface area contributed by atoms with Crippen LogP contribution in [0.25, 0.3) is 11.3 Å². The van der Waals surface area contributed by atoms with E-state index in [4.69, 9.17) is 10.7 Å². The second kappa shape index (κ2) is 13.3. The quantitative estimate of drug-likeness (QED) is 0.293. The van der Waals surface area contributed by atoms with Crippen LogP contribution in [0.1, 0.15) is 59.0 Å². The second-order valence-electron chi connectivity index (χ2n) is 14.1. The van der Waals surface area contributed by atoms with Crippen LogP contribution in [0.5, 0.6) is 0 Å². The number of aliphatic hydroxyl groups excluding tert-OH is 1. The van der Waals surface area contributed by atoms with Gasteiger partial charge in [-0.1, -0.05) is 71.9 Å². The monoisotopic (exact) mass is 625 g/mol. The van der Waals surface area contributed by atoms with Crippen molar-refractivity contribution in [2.75, 3.05) is 26.2 Å². The zero-order valence-corrected chi connectivity index (χ0v) is 26.9. The number of hydrogen-bond acceptors (Lipinski definition) is 5. The minimum absolute atomic E-state index is 0.0140. The van der Waals surface area contributed by atoms with E-state index in [1.807, 2.05) is 76.4 Å². The summed E-state index contributed by atoms with van der Waals surface area (Å²) in [5.74, 6) is -1.96. The number of imidazole rings is 1. The Labute approximate surface area is 263 Å². The van der Waals surface area contributed by atoms with Gasteiger partial charge in [-0.05, 0) is 47.1 Å². The number of carbonyl (C=O) groups is 2. The van der Waals surface area contributed by atoms with Crippen LogP contribution in [-0.2, 0) is 11.3 Å². The van der Waals surface area contributed by atoms with Gasteiger partial charge in [-0.15, -0.1) is 0 Å². The average molecular weight is 626 g/mol. The Balaban J connectivity index is 1.87. The molecule has 0 aliphatic carbocycles. The molecule has 1 saturated heterocycles. The molecular weight excluding hydrogens is 580 g/mol. The van der Waals surface area contributed by atoms with E-state index in [2.05, 4.69) is 0 Å². The molecule has 45 heavy (non-hydrogen) atoms. The SMILES string of the molecule is CC(C)(C)C1C(CN)C(CN(C(=O)CO)[C@@H](c2nc(-c3cc(F)ccc3F)cn2Cc2ccccc2)C(C)(C)C)CN1C(=O)O. The lowest BCUT2D eigenvalue weighted by Crippen LogP contribution is -2.49. The molecule has 1 fully saturated rings. The summed E-state index contributed by atoms with van der Waals surface area (Å²) in [7, 11) is 0. The Hall–Kier alpha value is -3.83. The van der Waals surface area contributed by atoms with E-state index >= 15 is 4.39 Å². The number of likely N-dealkylation sites (tertiary alicyclic amines) is 1. The first-order chi connectivity index (χ1) is 21.1. The van der Waals surface area contributed by atoms with Crippen LogP contribution in [0, 0.1) is 34.3 Å². The van der Waals surface area contributed by atoms with Gasteiger partial charge in [0.15, 0.2) is 0 Å². The number of hydrogen-bond donors (Lipinski definition) is 3. The normalized spacial score (nSPS) is 19.5. The maximum absolute atomic E-state index is 15.0. The zero-order chi connectivity index (χ0) is 33.3. The van der Waals surface area contributed by atoms with Crippen molar-refractivity contribution < 1.29 is 28.6 Å². The van der Waals surface area contributed by atoms with Gasteiger partial charge in [-0.25, -0.2) is 18.6 Å². The number of carboxylic acid groups (broad SMARTS) is 1. The van der Waals surface area contributed by atoms with Gasteiger partial charge in [0, 0.05) is 43.4 Å². The number of rotatable bonds is 9. The number of nitrogens with two attached hydrogens (primary N) is 1. The molecule has 3 aromatic rings. The molecule has 1 aliphatic heterocycles. The van der Waals surface area contributed by atoms with Gasteiger partial charge in [0.25, 0.3) is 0 Å². The van der Waals surface area contributed by atoms with E-state index in [1.165, 1.54) is 4.90 Å². The van der Waals surface area contributed by atoms with Crippen LogP contribution in [0.4, 0.5) is 13.6 Å². The highest BCUT2D eigenvalue weighted by molar-refractivity contribution is 5.78. The van der Waals surface area contributed by atoms with Crippen molar-refractivity contribution >= 4 is 12.0 Å². The Morgan fingerprint density at radius 1 is 1.09 bits per heavy atom. The summed E-state index contributed by atoms with van der Waals surface area (Å²) in [6, 6.07) is 11.6. The zero-order valence-electron chi connectivity index (χ0n) is 26.9. The highest BCUT2D eigenvalue weighted by Gasteiger charge is 2.50. The molecule has 2 heterocycles. The number of nitrogens with zero attached hydrogens (tertiary/aromatic N) is 4. The molecule has 3 unspecified atom stereocenters. The van der Waals surface area contributed by atoms with Crippen molar-refractivity contribution in [1.29, 1.82) is 0 Å². The predicted octanol–water partition coefficient (Wildman–Crippen LogP) is 5.38. The molecule has 2 amide bonds. The van der Waals surface area contributed by atoms with Crippen LogP contribution < -0.4 is 5.73 Å². The van der Waals surface area contributed by atoms with E-state index in [-0.39, 0.29) is 48.8 Å². The van der Waals surface area contributed by atoms with Crippen molar-refractivity contribution in [2.24, 2.45) is 28.4 Å². The molecule has 0 saturated carbocycles. The second-order valence-corrected chi connectivity index (χ2v) is 14.1. The molecule has 1 aromatic heterocycles. The summed E-state index contributed by atoms with van der Waals surface area (Å²) < 4.78 is 31.1. The molecule has 4 atom stereocenters. The molecule has 0 radical (unpaired) electrons. The largest absolute Gasteiger partial charge is 0.465 e. The highest BCUT2D eigenvalue weighted by atomic mass is 19.1. The van der Waals surface area contributed by atoms with Crippen LogP contribution in [-0.4, -0.2) is 73.8 Å². The molecule has 1 aliphatic rings. The Bertz CT molecular complexity index is 1500. The number of carbonyl (C=O) groups excluding carboxylic acids is 1. The summed E-state index contributed by atoms with van der Waals surface area (Å²) in [6.07, 6.45) is 0.601. The number of aromatic nitrogens is 2. The van der Waals surface area contributed by atoms with Crippen LogP contribution in [0.3, 0.4) is 0 Å². The standard InChI is InChI=1S/C34H45F2N5O4/c1-33(2,3)29-25(15-37)22(18-41(29)32(44)45)17-40(28(43)20-42)30(34(4,5)6)31-38-27(24-14-23(35)12-13-26(24)36)19-39(31)16-21-10-8-7-9-11-21/h7-14,19,22,25,29-30,42H,15-18,20,37H2,1-6H3,(H,44,45)/t22?,25?,29?,30-/m0/s1. The van der Waals surface area contributed by atoms with Crippen LogP contribution in [0.15, 0.2) is 54.7 Å². The van der Waals surface area contributed by atoms with Gasteiger partial charge in [0.1, 0.15) is 24.1 Å². The first-order valence-corrected chi connectivity index (χ1v) is 15.2. The topological polar surface area (TPSA) is 125 Å². The fraction of sp³-hybridized carbons (Fsp3) is 0.500. The van der Waals surface area contributed by atoms with Gasteiger partial charge in [0.2, 0.25) is 5.91 Å². The minimum atomic E-state index is -1.05. The summed E-state index contributed by atoms with van der Waals surface area (Å²) in [6.45, 7) is 11.8. The van der Waals surface area contributed by atoms with Gasteiger partial charge < -0.3 is 30.3 Å². The number of amides is 2. The smallest absolute Gasteiger partial charge is 0.407 e. The van der Waals surface area contributed by atoms with E-state index in [0.29, 0.717) is 12.4 Å².